The van der Waals surface area contributed by atoms with Gasteiger partial charge in [-0.2, -0.15) is 10.1 Å². The first-order valence-corrected chi connectivity index (χ1v) is 8.84. The minimum Gasteiger partial charge on any atom is -0.350 e. The van der Waals surface area contributed by atoms with Gasteiger partial charge in [0.25, 0.3) is 0 Å². The third-order valence-electron chi connectivity index (χ3n) is 4.61. The van der Waals surface area contributed by atoms with E-state index in [1.54, 1.807) is 41.2 Å². The predicted molar refractivity (Wildman–Crippen MR) is 104 cm³/mol. The Balaban J connectivity index is 1.41. The number of benzene rings is 1. The maximum Gasteiger partial charge on any atom is 0.246 e. The maximum absolute atomic E-state index is 13.0. The summed E-state index contributed by atoms with van der Waals surface area (Å²) in [7, 11) is 3.56. The summed E-state index contributed by atoms with van der Waals surface area (Å²) in [5, 5.41) is 7.52. The molecule has 3 heterocycles. The number of rotatable bonds is 5. The van der Waals surface area contributed by atoms with Crippen LogP contribution in [0.3, 0.4) is 0 Å². The lowest BCUT2D eigenvalue weighted by Crippen LogP contribution is -2.42. The van der Waals surface area contributed by atoms with Crippen LogP contribution in [0.1, 0.15) is 11.1 Å². The molecule has 1 amide bonds. The van der Waals surface area contributed by atoms with Gasteiger partial charge in [-0.15, -0.1) is 0 Å². The molecule has 0 saturated heterocycles. The van der Waals surface area contributed by atoms with E-state index in [0.29, 0.717) is 30.5 Å². The van der Waals surface area contributed by atoms with Crippen LogP contribution in [0.4, 0.5) is 21.8 Å². The summed E-state index contributed by atoms with van der Waals surface area (Å²) in [5.74, 6) is 0.958. The van der Waals surface area contributed by atoms with Crippen molar-refractivity contribution in [1.29, 1.82) is 0 Å². The number of aromatic nitrogens is 4. The van der Waals surface area contributed by atoms with Crippen LogP contribution in [-0.4, -0.2) is 46.3 Å². The number of anilines is 3. The molecule has 8 nitrogen and oxygen atoms in total. The van der Waals surface area contributed by atoms with Crippen molar-refractivity contribution in [3.63, 3.8) is 0 Å². The van der Waals surface area contributed by atoms with Crippen molar-refractivity contribution < 1.29 is 9.18 Å². The number of halogens is 1. The SMILES string of the molecule is CN1CC(=O)N(C)c2cnc(NCc3cnn(Cc4ccc(F)cc4)c3)nc21. The standard InChI is InChI=1S/C19H20FN7O/c1-25-12-17(28)26(2)16-9-22-19(24-18(16)25)21-7-14-8-23-27(11-14)10-13-3-5-15(20)6-4-13/h3-6,8-9,11H,7,10,12H2,1-2H3,(H,21,22,24). The van der Waals surface area contributed by atoms with Crippen molar-refractivity contribution in [1.82, 2.24) is 19.7 Å². The molecule has 28 heavy (non-hydrogen) atoms. The topological polar surface area (TPSA) is 79.2 Å². The van der Waals surface area contributed by atoms with E-state index >= 15 is 0 Å². The zero-order valence-corrected chi connectivity index (χ0v) is 15.6. The van der Waals surface area contributed by atoms with Gasteiger partial charge in [0.05, 0.1) is 25.5 Å². The Morgan fingerprint density at radius 1 is 1.14 bits per heavy atom. The van der Waals surface area contributed by atoms with Crippen molar-refractivity contribution in [3.05, 3.63) is 59.8 Å². The van der Waals surface area contributed by atoms with Crippen LogP contribution in [0.15, 0.2) is 42.9 Å². The fourth-order valence-electron chi connectivity index (χ4n) is 3.03. The molecule has 3 aromatic rings. The number of fused-ring (bicyclic) bond motifs is 1. The second-order valence-electron chi connectivity index (χ2n) is 6.74. The van der Waals surface area contributed by atoms with Crippen molar-refractivity contribution in [2.75, 3.05) is 35.8 Å². The number of amides is 1. The summed E-state index contributed by atoms with van der Waals surface area (Å²) < 4.78 is 14.8. The van der Waals surface area contributed by atoms with E-state index in [2.05, 4.69) is 20.4 Å². The molecule has 144 valence electrons. The molecule has 0 fully saturated rings. The normalized spacial score (nSPS) is 13.6. The van der Waals surface area contributed by atoms with E-state index in [9.17, 15) is 9.18 Å². The summed E-state index contributed by atoms with van der Waals surface area (Å²) in [5.41, 5.74) is 2.64. The highest BCUT2D eigenvalue weighted by Gasteiger charge is 2.26. The van der Waals surface area contributed by atoms with Gasteiger partial charge in [-0.25, -0.2) is 9.37 Å². The summed E-state index contributed by atoms with van der Waals surface area (Å²) >= 11 is 0. The van der Waals surface area contributed by atoms with Gasteiger partial charge in [-0.05, 0) is 17.7 Å². The second-order valence-corrected chi connectivity index (χ2v) is 6.74. The first-order chi connectivity index (χ1) is 13.5. The molecule has 0 aliphatic carbocycles. The van der Waals surface area contributed by atoms with Gasteiger partial charge < -0.3 is 15.1 Å². The van der Waals surface area contributed by atoms with E-state index in [1.165, 1.54) is 12.1 Å². The molecule has 1 aromatic carbocycles. The summed E-state index contributed by atoms with van der Waals surface area (Å²) in [6.45, 7) is 1.37. The number of nitrogens with zero attached hydrogens (tertiary/aromatic N) is 6. The number of likely N-dealkylation sites (N-methyl/N-ethyl adjacent to an activating group) is 2. The Kier molecular flexibility index (Phi) is 4.64. The van der Waals surface area contributed by atoms with Crippen LogP contribution in [-0.2, 0) is 17.9 Å². The van der Waals surface area contributed by atoms with E-state index in [4.69, 9.17) is 0 Å². The molecule has 0 unspecified atom stereocenters. The van der Waals surface area contributed by atoms with Crippen LogP contribution >= 0.6 is 0 Å². The summed E-state index contributed by atoms with van der Waals surface area (Å²) in [4.78, 5) is 24.1. The predicted octanol–water partition coefficient (Wildman–Crippen LogP) is 1.89. The average Bonchev–Trinajstić information content (AvgIpc) is 3.14. The molecule has 0 saturated carbocycles. The molecule has 9 heteroatoms. The van der Waals surface area contributed by atoms with Crippen molar-refractivity contribution in [2.45, 2.75) is 13.1 Å². The van der Waals surface area contributed by atoms with E-state index in [-0.39, 0.29) is 18.3 Å². The minimum atomic E-state index is -0.250. The average molecular weight is 381 g/mol. The lowest BCUT2D eigenvalue weighted by molar-refractivity contribution is -0.117. The minimum absolute atomic E-state index is 0.00729. The van der Waals surface area contributed by atoms with Crippen molar-refractivity contribution >= 4 is 23.4 Å². The Bertz CT molecular complexity index is 1000. The first-order valence-electron chi connectivity index (χ1n) is 8.84. The van der Waals surface area contributed by atoms with E-state index < -0.39 is 0 Å². The van der Waals surface area contributed by atoms with Gasteiger partial charge >= 0.3 is 0 Å². The third kappa shape index (κ3) is 3.64. The number of carbonyl (C=O) groups excluding carboxylic acids is 1. The Morgan fingerprint density at radius 2 is 1.93 bits per heavy atom. The van der Waals surface area contributed by atoms with Gasteiger partial charge in [-0.1, -0.05) is 12.1 Å². The Morgan fingerprint density at radius 3 is 2.71 bits per heavy atom. The fraction of sp³-hybridized carbons (Fsp3) is 0.263. The molecule has 1 N–H and O–H groups in total. The van der Waals surface area contributed by atoms with Crippen LogP contribution < -0.4 is 15.1 Å². The van der Waals surface area contributed by atoms with Gasteiger partial charge in [0.1, 0.15) is 11.5 Å². The van der Waals surface area contributed by atoms with Crippen molar-refractivity contribution in [2.24, 2.45) is 0 Å². The first kappa shape index (κ1) is 17.9. The molecule has 1 aliphatic rings. The van der Waals surface area contributed by atoms with Crippen LogP contribution in [0.2, 0.25) is 0 Å². The number of carbonyl (C=O) groups is 1. The maximum atomic E-state index is 13.0. The third-order valence-corrected chi connectivity index (χ3v) is 4.61. The number of hydrogen-bond donors (Lipinski definition) is 1. The molecule has 0 atom stereocenters. The van der Waals surface area contributed by atoms with Crippen LogP contribution in [0, 0.1) is 5.82 Å². The van der Waals surface area contributed by atoms with Gasteiger partial charge in [0.2, 0.25) is 11.9 Å². The highest BCUT2D eigenvalue weighted by Crippen LogP contribution is 2.29. The smallest absolute Gasteiger partial charge is 0.246 e. The lowest BCUT2D eigenvalue weighted by atomic mass is 10.2. The Hall–Kier alpha value is -3.49. The van der Waals surface area contributed by atoms with E-state index in [0.717, 1.165) is 11.1 Å². The second kappa shape index (κ2) is 7.26. The van der Waals surface area contributed by atoms with Crippen LogP contribution in [0.25, 0.3) is 0 Å². The van der Waals surface area contributed by atoms with Gasteiger partial charge in [-0.3, -0.25) is 9.48 Å². The molecular weight excluding hydrogens is 361 g/mol. The molecular formula is C19H20FN7O. The zero-order chi connectivity index (χ0) is 19.7. The quantitative estimate of drug-likeness (QED) is 0.727. The molecule has 2 aromatic heterocycles. The largest absolute Gasteiger partial charge is 0.350 e. The molecule has 1 aliphatic heterocycles. The molecule has 0 bridgehead atoms. The summed E-state index contributed by atoms with van der Waals surface area (Å²) in [6, 6.07) is 6.37. The zero-order valence-electron chi connectivity index (χ0n) is 15.6. The number of hydrogen-bond acceptors (Lipinski definition) is 6. The Labute approximate surface area is 161 Å². The van der Waals surface area contributed by atoms with Gasteiger partial charge in [0.15, 0.2) is 5.82 Å². The highest BCUT2D eigenvalue weighted by molar-refractivity contribution is 6.01. The number of nitrogens with one attached hydrogen (secondary N) is 1. The van der Waals surface area contributed by atoms with Crippen molar-refractivity contribution in [3.8, 4) is 0 Å². The van der Waals surface area contributed by atoms with Crippen LogP contribution in [0.5, 0.6) is 0 Å². The molecule has 0 spiro atoms. The monoisotopic (exact) mass is 381 g/mol. The summed E-state index contributed by atoms with van der Waals surface area (Å²) in [6.07, 6.45) is 5.34. The lowest BCUT2D eigenvalue weighted by Gasteiger charge is -2.31. The fourth-order valence-corrected chi connectivity index (χ4v) is 3.03. The molecule has 0 radical (unpaired) electrons. The molecule has 4 rings (SSSR count). The highest BCUT2D eigenvalue weighted by atomic mass is 19.1. The van der Waals surface area contributed by atoms with E-state index in [1.807, 2.05) is 18.1 Å². The van der Waals surface area contributed by atoms with Gasteiger partial charge in [0, 0.05) is 32.4 Å².